The van der Waals surface area contributed by atoms with Gasteiger partial charge >= 0.3 is 0 Å². The summed E-state index contributed by atoms with van der Waals surface area (Å²) in [5.41, 5.74) is 0.746. The maximum Gasteiger partial charge on any atom is 0.261 e. The second-order valence-electron chi connectivity index (χ2n) is 8.25. The molecule has 172 valence electrons. The number of hydrogen-bond acceptors (Lipinski definition) is 9. The molecule has 3 aliphatic heterocycles. The minimum atomic E-state index is -1.63. The molecule has 0 radical (unpaired) electrons. The first kappa shape index (κ1) is 20.5. The first-order valence-electron chi connectivity index (χ1n) is 10.5. The molecule has 3 aromatic rings. The maximum atomic E-state index is 13.6. The number of rotatable bonds is 3. The Labute approximate surface area is 187 Å². The largest absolute Gasteiger partial charge is 0.496 e. The Hall–Kier alpha value is -3.15. The van der Waals surface area contributed by atoms with Crippen LogP contribution in [0.15, 0.2) is 30.3 Å². The van der Waals surface area contributed by atoms with Crippen LogP contribution in [0.1, 0.15) is 10.4 Å². The quantitative estimate of drug-likeness (QED) is 0.416. The molecule has 0 aliphatic carbocycles. The minimum absolute atomic E-state index is 0.0220. The zero-order valence-corrected chi connectivity index (χ0v) is 17.5. The number of fused-ring (bicyclic) bond motifs is 4. The third kappa shape index (κ3) is 2.63. The van der Waals surface area contributed by atoms with Crippen molar-refractivity contribution in [3.63, 3.8) is 0 Å². The van der Waals surface area contributed by atoms with Crippen molar-refractivity contribution in [2.75, 3.05) is 25.4 Å². The molecule has 4 N–H and O–H groups in total. The Kier molecular flexibility index (Phi) is 4.45. The first-order valence-corrected chi connectivity index (χ1v) is 10.5. The second kappa shape index (κ2) is 7.17. The van der Waals surface area contributed by atoms with Crippen LogP contribution in [0.25, 0.3) is 21.5 Å². The van der Waals surface area contributed by atoms with Crippen molar-refractivity contribution >= 4 is 33.1 Å². The summed E-state index contributed by atoms with van der Waals surface area (Å²) in [6.45, 7) is -0.582. The molecule has 0 saturated carbocycles. The van der Waals surface area contributed by atoms with E-state index in [9.17, 15) is 25.2 Å². The topological polar surface area (TPSA) is 138 Å². The summed E-state index contributed by atoms with van der Waals surface area (Å²) in [6, 6.07) is 8.87. The molecule has 0 spiro atoms. The lowest BCUT2D eigenvalue weighted by atomic mass is 9.96. The van der Waals surface area contributed by atoms with Crippen LogP contribution in [-0.2, 0) is 4.74 Å². The fraction of sp³-hybridized carbons (Fsp3) is 0.348. The van der Waals surface area contributed by atoms with Gasteiger partial charge in [0, 0.05) is 16.2 Å². The van der Waals surface area contributed by atoms with Gasteiger partial charge in [-0.05, 0) is 23.6 Å². The summed E-state index contributed by atoms with van der Waals surface area (Å²) >= 11 is 0. The zero-order chi connectivity index (χ0) is 23.0. The predicted molar refractivity (Wildman–Crippen MR) is 115 cm³/mol. The molecule has 10 nitrogen and oxygen atoms in total. The number of carbonyl (C=O) groups excluding carboxylic acids is 1. The molecule has 0 aromatic heterocycles. The smallest absolute Gasteiger partial charge is 0.261 e. The van der Waals surface area contributed by atoms with Gasteiger partial charge in [-0.25, -0.2) is 0 Å². The summed E-state index contributed by atoms with van der Waals surface area (Å²) in [5.74, 6) is 1.00. The number of hydrogen-bond donors (Lipinski definition) is 4. The van der Waals surface area contributed by atoms with E-state index in [1.807, 2.05) is 12.1 Å². The average molecular weight is 455 g/mol. The van der Waals surface area contributed by atoms with Crippen molar-refractivity contribution in [3.8, 4) is 17.2 Å². The van der Waals surface area contributed by atoms with E-state index in [2.05, 4.69) is 0 Å². The maximum absolute atomic E-state index is 13.6. The lowest BCUT2D eigenvalue weighted by Gasteiger charge is -2.43. The predicted octanol–water partition coefficient (Wildman–Crippen LogP) is 0.490. The van der Waals surface area contributed by atoms with E-state index in [-0.39, 0.29) is 6.79 Å². The molecule has 6 rings (SSSR count). The SMILES string of the molecule is COc1cccc2c1cc1c3c(cc4c(c32)OCO4)C(=O)N1C1OC(CO)C(O)C(O)C1O. The Morgan fingerprint density at radius 1 is 1.06 bits per heavy atom. The molecule has 3 aliphatic rings. The molecule has 10 heteroatoms. The number of amides is 1. The van der Waals surface area contributed by atoms with Crippen molar-refractivity contribution < 1.29 is 44.2 Å². The van der Waals surface area contributed by atoms with E-state index in [0.29, 0.717) is 44.7 Å². The number of anilines is 1. The summed E-state index contributed by atoms with van der Waals surface area (Å²) < 4.78 is 22.6. The molecule has 1 fully saturated rings. The van der Waals surface area contributed by atoms with Crippen LogP contribution < -0.4 is 19.1 Å². The van der Waals surface area contributed by atoms with Gasteiger partial charge in [0.15, 0.2) is 17.7 Å². The number of ether oxygens (including phenoxy) is 4. The minimum Gasteiger partial charge on any atom is -0.496 e. The highest BCUT2D eigenvalue weighted by Crippen LogP contribution is 2.52. The van der Waals surface area contributed by atoms with E-state index < -0.39 is 43.2 Å². The Balaban J connectivity index is 1.64. The van der Waals surface area contributed by atoms with E-state index in [0.717, 1.165) is 5.39 Å². The zero-order valence-electron chi connectivity index (χ0n) is 17.5. The van der Waals surface area contributed by atoms with Crippen LogP contribution in [0, 0.1) is 0 Å². The molecule has 33 heavy (non-hydrogen) atoms. The van der Waals surface area contributed by atoms with Crippen LogP contribution in [0.3, 0.4) is 0 Å². The van der Waals surface area contributed by atoms with E-state index in [4.69, 9.17) is 18.9 Å². The van der Waals surface area contributed by atoms with Crippen LogP contribution in [-0.4, -0.2) is 77.5 Å². The third-order valence-electron chi connectivity index (χ3n) is 6.59. The van der Waals surface area contributed by atoms with Gasteiger partial charge in [0.2, 0.25) is 6.79 Å². The number of aliphatic hydroxyl groups excluding tert-OH is 4. The van der Waals surface area contributed by atoms with Crippen LogP contribution in [0.2, 0.25) is 0 Å². The van der Waals surface area contributed by atoms with Gasteiger partial charge < -0.3 is 39.4 Å². The van der Waals surface area contributed by atoms with Crippen molar-refractivity contribution in [2.24, 2.45) is 0 Å². The monoisotopic (exact) mass is 455 g/mol. The highest BCUT2D eigenvalue weighted by molar-refractivity contribution is 6.32. The van der Waals surface area contributed by atoms with E-state index >= 15 is 0 Å². The fourth-order valence-electron chi connectivity index (χ4n) is 5.01. The number of nitrogens with zero attached hydrogens (tertiary/aromatic N) is 1. The normalized spacial score (nSPS) is 28.2. The van der Waals surface area contributed by atoms with Gasteiger partial charge in [0.05, 0.1) is 25.0 Å². The molecule has 5 unspecified atom stereocenters. The highest BCUT2D eigenvalue weighted by Gasteiger charge is 2.50. The number of benzene rings is 3. The first-order chi connectivity index (χ1) is 16.0. The average Bonchev–Trinajstić information content (AvgIpc) is 3.41. The Bertz CT molecular complexity index is 1310. The van der Waals surface area contributed by atoms with Crippen molar-refractivity contribution in [3.05, 3.63) is 35.9 Å². The van der Waals surface area contributed by atoms with Gasteiger partial charge in [-0.1, -0.05) is 12.1 Å². The fourth-order valence-corrected chi connectivity index (χ4v) is 5.01. The Morgan fingerprint density at radius 3 is 2.64 bits per heavy atom. The number of aliphatic hydroxyl groups is 4. The lowest BCUT2D eigenvalue weighted by Crippen LogP contribution is -2.63. The number of carbonyl (C=O) groups is 1. The third-order valence-corrected chi connectivity index (χ3v) is 6.59. The molecule has 3 aromatic carbocycles. The van der Waals surface area contributed by atoms with Gasteiger partial charge in [-0.15, -0.1) is 0 Å². The molecule has 1 saturated heterocycles. The van der Waals surface area contributed by atoms with Gasteiger partial charge in [-0.3, -0.25) is 9.69 Å². The molecule has 5 atom stereocenters. The molecular weight excluding hydrogens is 434 g/mol. The number of methoxy groups -OCH3 is 1. The highest BCUT2D eigenvalue weighted by atomic mass is 16.7. The summed E-state index contributed by atoms with van der Waals surface area (Å²) in [4.78, 5) is 14.9. The van der Waals surface area contributed by atoms with Gasteiger partial charge in [0.1, 0.15) is 30.2 Å². The summed E-state index contributed by atoms with van der Waals surface area (Å²) in [6.07, 6.45) is -7.30. The van der Waals surface area contributed by atoms with E-state index in [1.54, 1.807) is 25.3 Å². The van der Waals surface area contributed by atoms with Gasteiger partial charge in [-0.2, -0.15) is 0 Å². The van der Waals surface area contributed by atoms with Crippen LogP contribution >= 0.6 is 0 Å². The standard InChI is InChI=1S/C23H21NO9/c1-30-13-4-2-3-9-10(13)5-12-16-11(6-14-21(17(9)16)32-8-31-14)22(29)24(12)23-20(28)19(27)18(26)15(7-25)33-23/h2-6,15,18-20,23,25-28H,7-8H2,1H3. The van der Waals surface area contributed by atoms with E-state index in [1.165, 1.54) is 4.90 Å². The van der Waals surface area contributed by atoms with Gasteiger partial charge in [0.25, 0.3) is 5.91 Å². The molecule has 0 bridgehead atoms. The molecule has 1 amide bonds. The van der Waals surface area contributed by atoms with Crippen molar-refractivity contribution in [1.29, 1.82) is 0 Å². The molecular formula is C23H21NO9. The van der Waals surface area contributed by atoms with Crippen LogP contribution in [0.4, 0.5) is 5.69 Å². The van der Waals surface area contributed by atoms with Crippen molar-refractivity contribution in [1.82, 2.24) is 0 Å². The summed E-state index contributed by atoms with van der Waals surface area (Å²) in [5, 5.41) is 43.6. The van der Waals surface area contributed by atoms with Crippen LogP contribution in [0.5, 0.6) is 17.2 Å². The molecule has 3 heterocycles. The summed E-state index contributed by atoms with van der Waals surface area (Å²) in [7, 11) is 1.54. The second-order valence-corrected chi connectivity index (χ2v) is 8.25. The van der Waals surface area contributed by atoms with Crippen molar-refractivity contribution in [2.45, 2.75) is 30.6 Å². The lowest BCUT2D eigenvalue weighted by molar-refractivity contribution is -0.226. The Morgan fingerprint density at radius 2 is 1.88 bits per heavy atom.